The van der Waals surface area contributed by atoms with Gasteiger partial charge in [0.15, 0.2) is 0 Å². The maximum atomic E-state index is 4.34. The van der Waals surface area contributed by atoms with Crippen molar-refractivity contribution in [3.8, 4) is 0 Å². The van der Waals surface area contributed by atoms with Crippen LogP contribution in [0.25, 0.3) is 0 Å². The number of hydrogen-bond donors (Lipinski definition) is 1. The van der Waals surface area contributed by atoms with Gasteiger partial charge in [-0.1, -0.05) is 6.07 Å². The zero-order chi connectivity index (χ0) is 11.1. The van der Waals surface area contributed by atoms with Crippen LogP contribution < -0.4 is 5.32 Å². The largest absolute Gasteiger partial charge is 0.317 e. The first-order valence-electron chi connectivity index (χ1n) is 5.44. The van der Waals surface area contributed by atoms with Crippen LogP contribution in [0.3, 0.4) is 0 Å². The second kappa shape index (κ2) is 6.53. The Kier molecular flexibility index (Phi) is 5.29. The molecule has 0 radical (unpaired) electrons. The van der Waals surface area contributed by atoms with Gasteiger partial charge in [-0.05, 0) is 46.2 Å². The average Bonchev–Trinajstić information content (AvgIpc) is 2.25. The molecule has 1 atom stereocenters. The number of likely N-dealkylation sites (N-methyl/N-ethyl adjacent to an activating group) is 1. The average molecular weight is 207 g/mol. The minimum absolute atomic E-state index is 0.516. The topological polar surface area (TPSA) is 28.2 Å². The molecule has 0 aliphatic heterocycles. The summed E-state index contributed by atoms with van der Waals surface area (Å²) in [6.45, 7) is 1.11. The third-order valence-electron chi connectivity index (χ3n) is 2.51. The van der Waals surface area contributed by atoms with E-state index in [2.05, 4.69) is 35.4 Å². The van der Waals surface area contributed by atoms with Gasteiger partial charge in [-0.3, -0.25) is 4.98 Å². The van der Waals surface area contributed by atoms with Crippen LogP contribution in [0.5, 0.6) is 0 Å². The second-order valence-electron chi connectivity index (χ2n) is 4.10. The van der Waals surface area contributed by atoms with Crippen molar-refractivity contribution >= 4 is 0 Å². The quantitative estimate of drug-likeness (QED) is 0.759. The van der Waals surface area contributed by atoms with Crippen LogP contribution in [-0.4, -0.2) is 43.6 Å². The molecule has 0 aromatic carbocycles. The maximum Gasteiger partial charge on any atom is 0.0419 e. The highest BCUT2D eigenvalue weighted by atomic mass is 15.1. The van der Waals surface area contributed by atoms with Gasteiger partial charge in [0.05, 0.1) is 0 Å². The minimum Gasteiger partial charge on any atom is -0.317 e. The van der Waals surface area contributed by atoms with E-state index in [4.69, 9.17) is 0 Å². The third kappa shape index (κ3) is 4.91. The van der Waals surface area contributed by atoms with Crippen LogP contribution in [0.2, 0.25) is 0 Å². The maximum absolute atomic E-state index is 4.34. The molecule has 3 nitrogen and oxygen atoms in total. The molecule has 1 aromatic rings. The molecular formula is C12H21N3. The number of pyridine rings is 1. The lowest BCUT2D eigenvalue weighted by molar-refractivity contribution is 0.363. The SMILES string of the molecule is CNC(CCN(C)C)Cc1ccccn1. The molecule has 0 saturated carbocycles. The number of rotatable bonds is 6. The Labute approximate surface area is 92.5 Å². The van der Waals surface area contributed by atoms with Crippen LogP contribution in [0, 0.1) is 0 Å². The Balaban J connectivity index is 2.40. The highest BCUT2D eigenvalue weighted by molar-refractivity contribution is 5.05. The molecule has 0 aliphatic carbocycles. The van der Waals surface area contributed by atoms with Crippen LogP contribution in [0.1, 0.15) is 12.1 Å². The monoisotopic (exact) mass is 207 g/mol. The molecule has 15 heavy (non-hydrogen) atoms. The fourth-order valence-electron chi connectivity index (χ4n) is 1.53. The molecule has 0 bridgehead atoms. The molecule has 1 unspecified atom stereocenters. The summed E-state index contributed by atoms with van der Waals surface area (Å²) in [7, 11) is 6.23. The van der Waals surface area contributed by atoms with E-state index in [1.807, 2.05) is 25.4 Å². The molecule has 0 aliphatic rings. The van der Waals surface area contributed by atoms with Crippen LogP contribution in [0.4, 0.5) is 0 Å². The number of aromatic nitrogens is 1. The standard InChI is InChI=1S/C12H21N3/c1-13-11(7-9-15(2)3)10-12-6-4-5-8-14-12/h4-6,8,11,13H,7,9-10H2,1-3H3. The van der Waals surface area contributed by atoms with Gasteiger partial charge in [0, 0.05) is 24.4 Å². The Hall–Kier alpha value is -0.930. The van der Waals surface area contributed by atoms with Gasteiger partial charge >= 0.3 is 0 Å². The molecule has 0 saturated heterocycles. The molecule has 1 rings (SSSR count). The van der Waals surface area contributed by atoms with Gasteiger partial charge < -0.3 is 10.2 Å². The summed E-state index contributed by atoms with van der Waals surface area (Å²) in [5, 5.41) is 3.34. The van der Waals surface area contributed by atoms with Crippen molar-refractivity contribution < 1.29 is 0 Å². The Morgan fingerprint density at radius 3 is 2.73 bits per heavy atom. The van der Waals surface area contributed by atoms with E-state index in [-0.39, 0.29) is 0 Å². The van der Waals surface area contributed by atoms with Crippen LogP contribution in [-0.2, 0) is 6.42 Å². The highest BCUT2D eigenvalue weighted by Crippen LogP contribution is 2.02. The van der Waals surface area contributed by atoms with E-state index in [0.29, 0.717) is 6.04 Å². The molecule has 1 N–H and O–H groups in total. The third-order valence-corrected chi connectivity index (χ3v) is 2.51. The molecule has 1 aromatic heterocycles. The molecule has 0 fully saturated rings. The smallest absolute Gasteiger partial charge is 0.0419 e. The fraction of sp³-hybridized carbons (Fsp3) is 0.583. The summed E-state index contributed by atoms with van der Waals surface area (Å²) in [6.07, 6.45) is 4.01. The van der Waals surface area contributed by atoms with Gasteiger partial charge in [-0.25, -0.2) is 0 Å². The van der Waals surface area contributed by atoms with E-state index in [0.717, 1.165) is 25.1 Å². The fourth-order valence-corrected chi connectivity index (χ4v) is 1.53. The van der Waals surface area contributed by atoms with Crippen molar-refractivity contribution in [1.82, 2.24) is 15.2 Å². The van der Waals surface area contributed by atoms with Crippen molar-refractivity contribution in [3.05, 3.63) is 30.1 Å². The molecule has 0 spiro atoms. The summed E-state index contributed by atoms with van der Waals surface area (Å²) >= 11 is 0. The highest BCUT2D eigenvalue weighted by Gasteiger charge is 2.07. The van der Waals surface area contributed by atoms with Crippen molar-refractivity contribution in [2.24, 2.45) is 0 Å². The lowest BCUT2D eigenvalue weighted by atomic mass is 10.1. The van der Waals surface area contributed by atoms with Crippen molar-refractivity contribution in [2.75, 3.05) is 27.7 Å². The second-order valence-corrected chi connectivity index (χ2v) is 4.10. The van der Waals surface area contributed by atoms with E-state index in [1.54, 1.807) is 0 Å². The Morgan fingerprint density at radius 2 is 2.20 bits per heavy atom. The zero-order valence-corrected chi connectivity index (χ0v) is 9.90. The predicted octanol–water partition coefficient (Wildman–Crippen LogP) is 1.16. The predicted molar refractivity (Wildman–Crippen MR) is 64.0 cm³/mol. The van der Waals surface area contributed by atoms with E-state index >= 15 is 0 Å². The molecule has 1 heterocycles. The van der Waals surface area contributed by atoms with Gasteiger partial charge in [-0.2, -0.15) is 0 Å². The first-order valence-corrected chi connectivity index (χ1v) is 5.44. The van der Waals surface area contributed by atoms with Gasteiger partial charge in [0.25, 0.3) is 0 Å². The Morgan fingerprint density at radius 1 is 1.40 bits per heavy atom. The summed E-state index contributed by atoms with van der Waals surface area (Å²) in [4.78, 5) is 6.55. The van der Waals surface area contributed by atoms with Crippen molar-refractivity contribution in [2.45, 2.75) is 18.9 Å². The van der Waals surface area contributed by atoms with Crippen molar-refractivity contribution in [3.63, 3.8) is 0 Å². The number of nitrogens with zero attached hydrogens (tertiary/aromatic N) is 2. The summed E-state index contributed by atoms with van der Waals surface area (Å²) in [6, 6.07) is 6.60. The van der Waals surface area contributed by atoms with Crippen molar-refractivity contribution in [1.29, 1.82) is 0 Å². The summed E-state index contributed by atoms with van der Waals surface area (Å²) in [5.41, 5.74) is 1.16. The lowest BCUT2D eigenvalue weighted by Gasteiger charge is -2.18. The van der Waals surface area contributed by atoms with E-state index < -0.39 is 0 Å². The number of nitrogens with one attached hydrogen (secondary N) is 1. The zero-order valence-electron chi connectivity index (χ0n) is 9.90. The first kappa shape index (κ1) is 12.1. The minimum atomic E-state index is 0.516. The molecule has 3 heteroatoms. The normalized spacial score (nSPS) is 13.1. The Bertz CT molecular complexity index is 259. The molecular weight excluding hydrogens is 186 g/mol. The van der Waals surface area contributed by atoms with Gasteiger partial charge in [0.1, 0.15) is 0 Å². The van der Waals surface area contributed by atoms with Gasteiger partial charge in [-0.15, -0.1) is 0 Å². The molecule has 0 amide bonds. The summed E-state index contributed by atoms with van der Waals surface area (Å²) < 4.78 is 0. The first-order chi connectivity index (χ1) is 7.22. The molecule has 84 valence electrons. The summed E-state index contributed by atoms with van der Waals surface area (Å²) in [5.74, 6) is 0. The van der Waals surface area contributed by atoms with Crippen LogP contribution >= 0.6 is 0 Å². The van der Waals surface area contributed by atoms with E-state index in [9.17, 15) is 0 Å². The van der Waals surface area contributed by atoms with Gasteiger partial charge in [0.2, 0.25) is 0 Å². The van der Waals surface area contributed by atoms with E-state index in [1.165, 1.54) is 0 Å². The number of hydrogen-bond acceptors (Lipinski definition) is 3. The lowest BCUT2D eigenvalue weighted by Crippen LogP contribution is -2.31. The van der Waals surface area contributed by atoms with Crippen LogP contribution in [0.15, 0.2) is 24.4 Å².